The average molecular weight is 312 g/mol. The molecular weight excluding hydrogens is 299 g/mol. The van der Waals surface area contributed by atoms with E-state index in [2.05, 4.69) is 9.47 Å². The zero-order valence-electron chi connectivity index (χ0n) is 11.0. The van der Waals surface area contributed by atoms with Crippen LogP contribution in [0.5, 0.6) is 5.75 Å². The molecule has 0 N–H and O–H groups in total. The molecule has 0 aliphatic rings. The van der Waals surface area contributed by atoms with Gasteiger partial charge in [0.25, 0.3) is 0 Å². The molecular formula is C13H13F5O3. The Hall–Kier alpha value is -1.86. The van der Waals surface area contributed by atoms with Crippen LogP contribution in [0.3, 0.4) is 0 Å². The van der Waals surface area contributed by atoms with E-state index in [0.717, 1.165) is 18.2 Å². The van der Waals surface area contributed by atoms with E-state index in [1.165, 1.54) is 0 Å². The van der Waals surface area contributed by atoms with E-state index < -0.39 is 42.1 Å². The lowest BCUT2D eigenvalue weighted by Crippen LogP contribution is -2.14. The smallest absolute Gasteiger partial charge is 0.416 e. The van der Waals surface area contributed by atoms with E-state index in [0.29, 0.717) is 0 Å². The van der Waals surface area contributed by atoms with Crippen molar-refractivity contribution in [3.05, 3.63) is 29.3 Å². The quantitative estimate of drug-likeness (QED) is 0.592. The molecule has 0 atom stereocenters. The third kappa shape index (κ3) is 5.20. The predicted molar refractivity (Wildman–Crippen MR) is 63.0 cm³/mol. The Kier molecular flexibility index (Phi) is 5.92. The summed E-state index contributed by atoms with van der Waals surface area (Å²) in [5.74, 6) is -1.30. The lowest BCUT2D eigenvalue weighted by atomic mass is 10.0. The van der Waals surface area contributed by atoms with Crippen molar-refractivity contribution < 1.29 is 36.2 Å². The second-order valence-electron chi connectivity index (χ2n) is 3.96. The number of halogens is 5. The van der Waals surface area contributed by atoms with Gasteiger partial charge in [-0.1, -0.05) is 6.07 Å². The monoisotopic (exact) mass is 312 g/mol. The third-order valence-electron chi connectivity index (χ3n) is 2.54. The van der Waals surface area contributed by atoms with Crippen LogP contribution >= 0.6 is 0 Å². The SMILES string of the molecule is CCOC(=O)CCc1c(OC(F)F)cccc1C(F)(F)F. The molecule has 1 aromatic carbocycles. The lowest BCUT2D eigenvalue weighted by Gasteiger charge is -2.16. The fourth-order valence-corrected chi connectivity index (χ4v) is 1.76. The Labute approximate surface area is 117 Å². The van der Waals surface area contributed by atoms with Crippen molar-refractivity contribution in [1.82, 2.24) is 0 Å². The minimum atomic E-state index is -4.73. The summed E-state index contributed by atoms with van der Waals surface area (Å²) in [6.45, 7) is -1.62. The van der Waals surface area contributed by atoms with Crippen LogP contribution in [0.2, 0.25) is 0 Å². The van der Waals surface area contributed by atoms with Gasteiger partial charge in [0, 0.05) is 12.0 Å². The molecule has 0 saturated carbocycles. The highest BCUT2D eigenvalue weighted by Gasteiger charge is 2.35. The molecule has 0 spiro atoms. The fraction of sp³-hybridized carbons (Fsp3) is 0.462. The fourth-order valence-electron chi connectivity index (χ4n) is 1.76. The summed E-state index contributed by atoms with van der Waals surface area (Å²) in [6.07, 6.45) is -5.50. The number of hydrogen-bond donors (Lipinski definition) is 0. The van der Waals surface area contributed by atoms with Crippen LogP contribution in [-0.4, -0.2) is 19.2 Å². The number of alkyl halides is 5. The first-order valence-corrected chi connectivity index (χ1v) is 6.05. The first-order chi connectivity index (χ1) is 9.75. The van der Waals surface area contributed by atoms with Crippen LogP contribution in [0.4, 0.5) is 22.0 Å². The van der Waals surface area contributed by atoms with Gasteiger partial charge < -0.3 is 9.47 Å². The van der Waals surface area contributed by atoms with Crippen LogP contribution in [0, 0.1) is 0 Å². The van der Waals surface area contributed by atoms with Crippen LogP contribution < -0.4 is 4.74 Å². The van der Waals surface area contributed by atoms with E-state index in [4.69, 9.17) is 0 Å². The third-order valence-corrected chi connectivity index (χ3v) is 2.54. The van der Waals surface area contributed by atoms with Crippen molar-refractivity contribution in [2.45, 2.75) is 32.6 Å². The Bertz CT molecular complexity index is 485. The maximum Gasteiger partial charge on any atom is 0.416 e. The standard InChI is InChI=1S/C13H13F5O3/c1-2-20-11(19)7-6-8-9(13(16,17)18)4-3-5-10(8)21-12(14)15/h3-5,12H,2,6-7H2,1H3. The second-order valence-corrected chi connectivity index (χ2v) is 3.96. The highest BCUT2D eigenvalue weighted by Crippen LogP contribution is 2.37. The molecule has 1 aromatic rings. The summed E-state index contributed by atoms with van der Waals surface area (Å²) in [5.41, 5.74) is -1.59. The minimum absolute atomic E-state index is 0.0835. The Morgan fingerprint density at radius 2 is 1.95 bits per heavy atom. The summed E-state index contributed by atoms with van der Waals surface area (Å²) in [6, 6.07) is 2.72. The van der Waals surface area contributed by atoms with Gasteiger partial charge >= 0.3 is 18.8 Å². The molecule has 21 heavy (non-hydrogen) atoms. The van der Waals surface area contributed by atoms with Crippen molar-refractivity contribution in [2.24, 2.45) is 0 Å². The first kappa shape index (κ1) is 17.2. The maximum atomic E-state index is 12.9. The summed E-state index contributed by atoms with van der Waals surface area (Å²) >= 11 is 0. The summed E-state index contributed by atoms with van der Waals surface area (Å²) in [7, 11) is 0. The molecule has 8 heteroatoms. The van der Waals surface area contributed by atoms with E-state index in [9.17, 15) is 26.7 Å². The highest BCUT2D eigenvalue weighted by molar-refractivity contribution is 5.70. The molecule has 0 aromatic heterocycles. The molecule has 1 rings (SSSR count). The Morgan fingerprint density at radius 3 is 2.48 bits per heavy atom. The predicted octanol–water partition coefficient (Wildman–Crippen LogP) is 3.80. The van der Waals surface area contributed by atoms with Gasteiger partial charge in [-0.25, -0.2) is 0 Å². The van der Waals surface area contributed by atoms with Gasteiger partial charge in [0.15, 0.2) is 0 Å². The molecule has 0 fully saturated rings. The van der Waals surface area contributed by atoms with E-state index in [1.807, 2.05) is 0 Å². The molecule has 118 valence electrons. The average Bonchev–Trinajstić information content (AvgIpc) is 2.35. The van der Waals surface area contributed by atoms with Gasteiger partial charge in [0.05, 0.1) is 12.2 Å². The van der Waals surface area contributed by atoms with E-state index >= 15 is 0 Å². The first-order valence-electron chi connectivity index (χ1n) is 6.05. The molecule has 3 nitrogen and oxygen atoms in total. The number of carbonyl (C=O) groups is 1. The van der Waals surface area contributed by atoms with Crippen molar-refractivity contribution in [3.8, 4) is 5.75 Å². The summed E-state index contributed by atoms with van der Waals surface area (Å²) in [4.78, 5) is 11.2. The second kappa shape index (κ2) is 7.24. The number of benzene rings is 1. The van der Waals surface area contributed by atoms with Crippen LogP contribution in [0.25, 0.3) is 0 Å². The van der Waals surface area contributed by atoms with Gasteiger partial charge in [-0.05, 0) is 25.5 Å². The number of rotatable bonds is 6. The number of esters is 1. The summed E-state index contributed by atoms with van der Waals surface area (Å²) in [5, 5.41) is 0. The molecule has 0 amide bonds. The Balaban J connectivity index is 3.07. The molecule has 0 unspecified atom stereocenters. The molecule has 0 aliphatic carbocycles. The van der Waals surface area contributed by atoms with Gasteiger partial charge in [0.2, 0.25) is 0 Å². The van der Waals surface area contributed by atoms with Gasteiger partial charge in [-0.2, -0.15) is 22.0 Å². The van der Waals surface area contributed by atoms with Crippen molar-refractivity contribution >= 4 is 5.97 Å². The van der Waals surface area contributed by atoms with Gasteiger partial charge in [-0.15, -0.1) is 0 Å². The van der Waals surface area contributed by atoms with Gasteiger partial charge in [-0.3, -0.25) is 4.79 Å². The topological polar surface area (TPSA) is 35.5 Å². The highest BCUT2D eigenvalue weighted by atomic mass is 19.4. The largest absolute Gasteiger partial charge is 0.466 e. The normalized spacial score (nSPS) is 11.6. The Morgan fingerprint density at radius 1 is 1.29 bits per heavy atom. The molecule has 0 saturated heterocycles. The number of ether oxygens (including phenoxy) is 2. The lowest BCUT2D eigenvalue weighted by molar-refractivity contribution is -0.144. The van der Waals surface area contributed by atoms with Gasteiger partial charge in [0.1, 0.15) is 5.75 Å². The zero-order valence-corrected chi connectivity index (χ0v) is 11.0. The van der Waals surface area contributed by atoms with Crippen LogP contribution in [0.15, 0.2) is 18.2 Å². The molecule has 0 aliphatic heterocycles. The molecule has 0 heterocycles. The van der Waals surface area contributed by atoms with Crippen molar-refractivity contribution in [3.63, 3.8) is 0 Å². The van der Waals surface area contributed by atoms with Crippen LogP contribution in [-0.2, 0) is 22.1 Å². The minimum Gasteiger partial charge on any atom is -0.466 e. The van der Waals surface area contributed by atoms with Crippen molar-refractivity contribution in [2.75, 3.05) is 6.61 Å². The number of hydrogen-bond acceptors (Lipinski definition) is 3. The summed E-state index contributed by atoms with van der Waals surface area (Å²) < 4.78 is 71.8. The number of carbonyl (C=O) groups excluding carboxylic acids is 1. The molecule has 0 radical (unpaired) electrons. The van der Waals surface area contributed by atoms with E-state index in [1.54, 1.807) is 6.92 Å². The van der Waals surface area contributed by atoms with Crippen molar-refractivity contribution in [1.29, 1.82) is 0 Å². The molecule has 0 bridgehead atoms. The maximum absolute atomic E-state index is 12.9. The van der Waals surface area contributed by atoms with E-state index in [-0.39, 0.29) is 13.0 Å². The zero-order chi connectivity index (χ0) is 16.0. The van der Waals surface area contributed by atoms with Crippen LogP contribution in [0.1, 0.15) is 24.5 Å².